The summed E-state index contributed by atoms with van der Waals surface area (Å²) in [5.41, 5.74) is -0.00797. The first-order valence-electron chi connectivity index (χ1n) is 5.28. The summed E-state index contributed by atoms with van der Waals surface area (Å²) in [6.07, 6.45) is 0. The molecule has 0 aromatic heterocycles. The minimum atomic E-state index is -1.12. The van der Waals surface area contributed by atoms with E-state index in [-0.39, 0.29) is 11.1 Å². The average molecular weight is 236 g/mol. The van der Waals surface area contributed by atoms with E-state index in [9.17, 15) is 9.59 Å². The van der Waals surface area contributed by atoms with Gasteiger partial charge in [0, 0.05) is 0 Å². The van der Waals surface area contributed by atoms with Gasteiger partial charge >= 0.3 is 11.9 Å². The van der Waals surface area contributed by atoms with Crippen LogP contribution in [0.5, 0.6) is 0 Å². The van der Waals surface area contributed by atoms with Gasteiger partial charge in [-0.15, -0.1) is 0 Å². The zero-order valence-electron chi connectivity index (χ0n) is 10.4. The zero-order valence-corrected chi connectivity index (χ0v) is 10.4. The Morgan fingerprint density at radius 3 is 2.29 bits per heavy atom. The molecule has 1 N–H and O–H groups in total. The van der Waals surface area contributed by atoms with Crippen LogP contribution in [-0.2, 0) is 4.74 Å². The summed E-state index contributed by atoms with van der Waals surface area (Å²) in [4.78, 5) is 23.0. The number of hydrogen-bond donors (Lipinski definition) is 1. The van der Waals surface area contributed by atoms with E-state index in [0.29, 0.717) is 5.56 Å². The van der Waals surface area contributed by atoms with Crippen molar-refractivity contribution in [1.82, 2.24) is 0 Å². The maximum atomic E-state index is 11.9. The lowest BCUT2D eigenvalue weighted by Crippen LogP contribution is -2.25. The monoisotopic (exact) mass is 236 g/mol. The Morgan fingerprint density at radius 1 is 1.24 bits per heavy atom. The largest absolute Gasteiger partial charge is 0.478 e. The Balaban J connectivity index is 3.19. The zero-order chi connectivity index (χ0) is 13.2. The maximum Gasteiger partial charge on any atom is 0.339 e. The van der Waals surface area contributed by atoms with Crippen LogP contribution in [0.1, 0.15) is 47.1 Å². The van der Waals surface area contributed by atoms with Gasteiger partial charge in [0.2, 0.25) is 0 Å². The van der Waals surface area contributed by atoms with Gasteiger partial charge in [0.05, 0.1) is 11.1 Å². The third-order valence-electron chi connectivity index (χ3n) is 2.11. The van der Waals surface area contributed by atoms with E-state index < -0.39 is 17.5 Å². The van der Waals surface area contributed by atoms with Gasteiger partial charge < -0.3 is 9.84 Å². The van der Waals surface area contributed by atoms with Crippen molar-refractivity contribution < 1.29 is 19.4 Å². The van der Waals surface area contributed by atoms with Crippen molar-refractivity contribution in [3.63, 3.8) is 0 Å². The van der Waals surface area contributed by atoms with E-state index in [0.717, 1.165) is 0 Å². The van der Waals surface area contributed by atoms with Crippen LogP contribution in [-0.4, -0.2) is 22.6 Å². The van der Waals surface area contributed by atoms with Gasteiger partial charge in [-0.1, -0.05) is 12.1 Å². The molecule has 0 aliphatic carbocycles. The van der Waals surface area contributed by atoms with Gasteiger partial charge in [0.1, 0.15) is 5.60 Å². The van der Waals surface area contributed by atoms with Gasteiger partial charge in [-0.05, 0) is 39.3 Å². The van der Waals surface area contributed by atoms with Crippen molar-refractivity contribution in [3.05, 3.63) is 34.9 Å². The van der Waals surface area contributed by atoms with Crippen LogP contribution >= 0.6 is 0 Å². The van der Waals surface area contributed by atoms with Crippen LogP contribution in [0.3, 0.4) is 0 Å². The molecule has 1 aromatic rings. The fourth-order valence-corrected chi connectivity index (χ4v) is 1.45. The lowest BCUT2D eigenvalue weighted by atomic mass is 10.0. The smallest absolute Gasteiger partial charge is 0.339 e. The molecule has 92 valence electrons. The molecule has 0 fully saturated rings. The molecule has 0 heterocycles. The average Bonchev–Trinajstić information content (AvgIpc) is 2.13. The molecular weight excluding hydrogens is 220 g/mol. The molecule has 4 nitrogen and oxygen atoms in total. The Hall–Kier alpha value is -1.84. The molecule has 1 aromatic carbocycles. The first kappa shape index (κ1) is 13.2. The van der Waals surface area contributed by atoms with Gasteiger partial charge in [-0.3, -0.25) is 0 Å². The number of ether oxygens (including phenoxy) is 1. The summed E-state index contributed by atoms with van der Waals surface area (Å²) >= 11 is 0. The number of carbonyl (C=O) groups is 2. The normalized spacial score (nSPS) is 11.1. The fourth-order valence-electron chi connectivity index (χ4n) is 1.45. The predicted molar refractivity (Wildman–Crippen MR) is 63.3 cm³/mol. The number of carbonyl (C=O) groups excluding carboxylic acids is 1. The third-order valence-corrected chi connectivity index (χ3v) is 2.11. The second kappa shape index (κ2) is 4.57. The fraction of sp³-hybridized carbons (Fsp3) is 0.385. The molecule has 0 spiro atoms. The summed E-state index contributed by atoms with van der Waals surface area (Å²) in [7, 11) is 0. The summed E-state index contributed by atoms with van der Waals surface area (Å²) in [6, 6.07) is 4.75. The highest BCUT2D eigenvalue weighted by atomic mass is 16.6. The number of aryl methyl sites for hydroxylation is 1. The van der Waals surface area contributed by atoms with E-state index in [1.54, 1.807) is 39.8 Å². The minimum absolute atomic E-state index is 0.00162. The molecular formula is C13H16O4. The van der Waals surface area contributed by atoms with Crippen LogP contribution in [0.15, 0.2) is 18.2 Å². The number of esters is 1. The second-order valence-corrected chi connectivity index (χ2v) is 4.80. The maximum absolute atomic E-state index is 11.9. The standard InChI is InChI=1S/C13H16O4/c1-8-6-5-7-9(10(8)11(14)15)12(16)17-13(2,3)4/h5-7H,1-4H3,(H,14,15). The molecule has 0 unspecified atom stereocenters. The topological polar surface area (TPSA) is 63.6 Å². The molecule has 0 amide bonds. The quantitative estimate of drug-likeness (QED) is 0.802. The van der Waals surface area contributed by atoms with Crippen molar-refractivity contribution in [2.24, 2.45) is 0 Å². The van der Waals surface area contributed by atoms with Gasteiger partial charge in [-0.25, -0.2) is 9.59 Å². The number of carboxylic acid groups (broad SMARTS) is 1. The summed E-state index contributed by atoms with van der Waals surface area (Å²) < 4.78 is 5.17. The second-order valence-electron chi connectivity index (χ2n) is 4.80. The Kier molecular flexibility index (Phi) is 3.56. The number of carboxylic acids is 1. The number of rotatable bonds is 2. The molecule has 0 radical (unpaired) electrons. The number of benzene rings is 1. The lowest BCUT2D eigenvalue weighted by Gasteiger charge is -2.20. The SMILES string of the molecule is Cc1cccc(C(=O)OC(C)(C)C)c1C(=O)O. The van der Waals surface area contributed by atoms with Gasteiger partial charge in [0.25, 0.3) is 0 Å². The van der Waals surface area contributed by atoms with Crippen LogP contribution in [0, 0.1) is 6.92 Å². The molecule has 0 aliphatic heterocycles. The number of hydrogen-bond acceptors (Lipinski definition) is 3. The highest BCUT2D eigenvalue weighted by Gasteiger charge is 2.23. The van der Waals surface area contributed by atoms with Crippen molar-refractivity contribution in [2.45, 2.75) is 33.3 Å². The molecule has 17 heavy (non-hydrogen) atoms. The van der Waals surface area contributed by atoms with E-state index >= 15 is 0 Å². The van der Waals surface area contributed by atoms with Gasteiger partial charge in [0.15, 0.2) is 0 Å². The molecule has 0 bridgehead atoms. The summed E-state index contributed by atoms with van der Waals surface area (Å²) in [5.74, 6) is -1.73. The molecule has 0 atom stereocenters. The first-order chi connectivity index (χ1) is 7.72. The highest BCUT2D eigenvalue weighted by molar-refractivity contribution is 6.03. The van der Waals surface area contributed by atoms with Crippen molar-refractivity contribution in [1.29, 1.82) is 0 Å². The van der Waals surface area contributed by atoms with E-state index in [2.05, 4.69) is 0 Å². The molecule has 0 saturated heterocycles. The number of aromatic carboxylic acids is 1. The Bertz CT molecular complexity index is 455. The van der Waals surface area contributed by atoms with Crippen LogP contribution in [0.25, 0.3) is 0 Å². The predicted octanol–water partition coefficient (Wildman–Crippen LogP) is 2.65. The Labute approximate surface area is 100 Å². The summed E-state index contributed by atoms with van der Waals surface area (Å²) in [6.45, 7) is 6.86. The van der Waals surface area contributed by atoms with E-state index in [1.165, 1.54) is 6.07 Å². The van der Waals surface area contributed by atoms with Gasteiger partial charge in [-0.2, -0.15) is 0 Å². The lowest BCUT2D eigenvalue weighted by molar-refractivity contribution is 0.00657. The minimum Gasteiger partial charge on any atom is -0.478 e. The van der Waals surface area contributed by atoms with Crippen LogP contribution in [0.4, 0.5) is 0 Å². The van der Waals surface area contributed by atoms with Crippen LogP contribution in [0.2, 0.25) is 0 Å². The molecule has 0 aliphatic rings. The van der Waals surface area contributed by atoms with Crippen molar-refractivity contribution >= 4 is 11.9 Å². The van der Waals surface area contributed by atoms with E-state index in [1.807, 2.05) is 0 Å². The third kappa shape index (κ3) is 3.31. The first-order valence-corrected chi connectivity index (χ1v) is 5.28. The molecule has 1 rings (SSSR count). The molecule has 0 saturated carbocycles. The van der Waals surface area contributed by atoms with Crippen LogP contribution < -0.4 is 0 Å². The highest BCUT2D eigenvalue weighted by Crippen LogP contribution is 2.18. The van der Waals surface area contributed by atoms with Crippen molar-refractivity contribution in [3.8, 4) is 0 Å². The van der Waals surface area contributed by atoms with Crippen molar-refractivity contribution in [2.75, 3.05) is 0 Å². The summed E-state index contributed by atoms with van der Waals surface area (Å²) in [5, 5.41) is 9.09. The Morgan fingerprint density at radius 2 is 1.82 bits per heavy atom. The molecule has 4 heteroatoms. The van der Waals surface area contributed by atoms with E-state index in [4.69, 9.17) is 9.84 Å².